The summed E-state index contributed by atoms with van der Waals surface area (Å²) in [5.41, 5.74) is 1.33. The SMILES string of the molecule is CCNC(C)CC1CCCN(Cc2cccc(Cl)c2)C1. The van der Waals surface area contributed by atoms with Gasteiger partial charge in [-0.25, -0.2) is 0 Å². The van der Waals surface area contributed by atoms with Crippen molar-refractivity contribution in [2.45, 2.75) is 45.7 Å². The van der Waals surface area contributed by atoms with Crippen LogP contribution in [0.1, 0.15) is 38.7 Å². The number of halogens is 1. The molecular weight excluding hydrogens is 268 g/mol. The Bertz CT molecular complexity index is 408. The van der Waals surface area contributed by atoms with Crippen LogP contribution in [0.2, 0.25) is 5.02 Å². The number of nitrogens with zero attached hydrogens (tertiary/aromatic N) is 1. The fraction of sp³-hybridized carbons (Fsp3) is 0.647. The Labute approximate surface area is 128 Å². The van der Waals surface area contributed by atoms with Crippen LogP contribution in [0.25, 0.3) is 0 Å². The zero-order valence-corrected chi connectivity index (χ0v) is 13.5. The summed E-state index contributed by atoms with van der Waals surface area (Å²) in [4.78, 5) is 2.58. The molecule has 0 aliphatic carbocycles. The molecule has 0 bridgehead atoms. The van der Waals surface area contributed by atoms with E-state index in [-0.39, 0.29) is 0 Å². The number of hydrogen-bond acceptors (Lipinski definition) is 2. The van der Waals surface area contributed by atoms with Crippen LogP contribution in [-0.4, -0.2) is 30.6 Å². The molecule has 2 rings (SSSR count). The second-order valence-corrected chi connectivity index (χ2v) is 6.50. The van der Waals surface area contributed by atoms with Gasteiger partial charge >= 0.3 is 0 Å². The summed E-state index contributed by atoms with van der Waals surface area (Å²) in [6, 6.07) is 8.90. The number of piperidine rings is 1. The van der Waals surface area contributed by atoms with Crippen LogP contribution >= 0.6 is 11.6 Å². The van der Waals surface area contributed by atoms with Crippen LogP contribution in [0.4, 0.5) is 0 Å². The van der Waals surface area contributed by atoms with Crippen LogP contribution in [0.3, 0.4) is 0 Å². The highest BCUT2D eigenvalue weighted by molar-refractivity contribution is 6.30. The van der Waals surface area contributed by atoms with Crippen LogP contribution in [0.15, 0.2) is 24.3 Å². The Balaban J connectivity index is 1.84. The maximum Gasteiger partial charge on any atom is 0.0409 e. The lowest BCUT2D eigenvalue weighted by Crippen LogP contribution is -2.38. The van der Waals surface area contributed by atoms with E-state index in [1.54, 1.807) is 0 Å². The first-order valence-electron chi connectivity index (χ1n) is 7.87. The van der Waals surface area contributed by atoms with E-state index in [1.807, 2.05) is 12.1 Å². The Morgan fingerprint density at radius 2 is 2.30 bits per heavy atom. The normalized spacial score (nSPS) is 21.9. The maximum absolute atomic E-state index is 6.07. The monoisotopic (exact) mass is 294 g/mol. The van der Waals surface area contributed by atoms with E-state index < -0.39 is 0 Å². The van der Waals surface area contributed by atoms with E-state index in [1.165, 1.54) is 37.9 Å². The Morgan fingerprint density at radius 3 is 3.05 bits per heavy atom. The molecule has 1 aromatic carbocycles. The molecule has 1 aromatic rings. The molecule has 1 saturated heterocycles. The molecule has 3 heteroatoms. The minimum Gasteiger partial charge on any atom is -0.315 e. The van der Waals surface area contributed by atoms with Crippen molar-refractivity contribution in [1.82, 2.24) is 10.2 Å². The fourth-order valence-electron chi connectivity index (χ4n) is 3.31. The van der Waals surface area contributed by atoms with Crippen molar-refractivity contribution in [3.05, 3.63) is 34.9 Å². The molecule has 0 radical (unpaired) electrons. The molecule has 1 N–H and O–H groups in total. The molecule has 2 unspecified atom stereocenters. The molecule has 2 atom stereocenters. The second-order valence-electron chi connectivity index (χ2n) is 6.07. The van der Waals surface area contributed by atoms with Gasteiger partial charge in [-0.3, -0.25) is 4.90 Å². The molecule has 0 saturated carbocycles. The minimum atomic E-state index is 0.635. The van der Waals surface area contributed by atoms with E-state index in [0.717, 1.165) is 24.0 Å². The molecule has 0 spiro atoms. The summed E-state index contributed by atoms with van der Waals surface area (Å²) in [5, 5.41) is 4.37. The standard InChI is InChI=1S/C17H27ClN2/c1-3-19-14(2)10-15-7-5-9-20(12-15)13-16-6-4-8-17(18)11-16/h4,6,8,11,14-15,19H,3,5,7,9-10,12-13H2,1-2H3. The van der Waals surface area contributed by atoms with Gasteiger partial charge in [0.1, 0.15) is 0 Å². The smallest absolute Gasteiger partial charge is 0.0409 e. The van der Waals surface area contributed by atoms with Crippen molar-refractivity contribution in [3.63, 3.8) is 0 Å². The number of likely N-dealkylation sites (tertiary alicyclic amines) is 1. The molecule has 0 amide bonds. The van der Waals surface area contributed by atoms with E-state index in [4.69, 9.17) is 11.6 Å². The molecule has 1 aliphatic rings. The summed E-state index contributed by atoms with van der Waals surface area (Å²) in [6.07, 6.45) is 3.99. The van der Waals surface area contributed by atoms with Gasteiger partial charge in [-0.1, -0.05) is 30.7 Å². The molecule has 1 aliphatic heterocycles. The highest BCUT2D eigenvalue weighted by Gasteiger charge is 2.21. The minimum absolute atomic E-state index is 0.635. The number of hydrogen-bond donors (Lipinski definition) is 1. The highest BCUT2D eigenvalue weighted by atomic mass is 35.5. The van der Waals surface area contributed by atoms with E-state index in [2.05, 4.69) is 36.2 Å². The van der Waals surface area contributed by atoms with Crippen LogP contribution in [0.5, 0.6) is 0 Å². The summed E-state index contributed by atoms with van der Waals surface area (Å²) in [5.74, 6) is 0.831. The van der Waals surface area contributed by atoms with Gasteiger partial charge in [0.2, 0.25) is 0 Å². The highest BCUT2D eigenvalue weighted by Crippen LogP contribution is 2.23. The predicted molar refractivity (Wildman–Crippen MR) is 87.2 cm³/mol. The van der Waals surface area contributed by atoms with Crippen molar-refractivity contribution < 1.29 is 0 Å². The lowest BCUT2D eigenvalue weighted by molar-refractivity contribution is 0.155. The number of rotatable bonds is 6. The lowest BCUT2D eigenvalue weighted by atomic mass is 9.91. The first-order valence-corrected chi connectivity index (χ1v) is 8.25. The largest absolute Gasteiger partial charge is 0.315 e. The van der Waals surface area contributed by atoms with Crippen LogP contribution in [0, 0.1) is 5.92 Å². The Morgan fingerprint density at radius 1 is 1.45 bits per heavy atom. The molecule has 112 valence electrons. The average molecular weight is 295 g/mol. The first-order chi connectivity index (χ1) is 9.67. The van der Waals surface area contributed by atoms with Gasteiger partial charge in [-0.05, 0) is 62.9 Å². The van der Waals surface area contributed by atoms with Crippen molar-refractivity contribution in [3.8, 4) is 0 Å². The third-order valence-corrected chi connectivity index (χ3v) is 4.37. The van der Waals surface area contributed by atoms with Crippen LogP contribution < -0.4 is 5.32 Å². The van der Waals surface area contributed by atoms with Gasteiger partial charge < -0.3 is 5.32 Å². The summed E-state index contributed by atoms with van der Waals surface area (Å²) < 4.78 is 0. The molecule has 2 nitrogen and oxygen atoms in total. The zero-order chi connectivity index (χ0) is 14.4. The number of nitrogens with one attached hydrogen (secondary N) is 1. The summed E-state index contributed by atoms with van der Waals surface area (Å²) >= 11 is 6.07. The van der Waals surface area contributed by atoms with Gasteiger partial charge in [0.25, 0.3) is 0 Å². The molecule has 1 heterocycles. The lowest BCUT2D eigenvalue weighted by Gasteiger charge is -2.34. The van der Waals surface area contributed by atoms with E-state index in [9.17, 15) is 0 Å². The van der Waals surface area contributed by atoms with Crippen molar-refractivity contribution >= 4 is 11.6 Å². The van der Waals surface area contributed by atoms with Crippen molar-refractivity contribution in [2.24, 2.45) is 5.92 Å². The number of benzene rings is 1. The average Bonchev–Trinajstić information content (AvgIpc) is 2.39. The molecule has 20 heavy (non-hydrogen) atoms. The third kappa shape index (κ3) is 5.08. The Hall–Kier alpha value is -0.570. The van der Waals surface area contributed by atoms with Crippen LogP contribution in [-0.2, 0) is 6.54 Å². The molecular formula is C17H27ClN2. The van der Waals surface area contributed by atoms with Gasteiger partial charge in [-0.15, -0.1) is 0 Å². The third-order valence-electron chi connectivity index (χ3n) is 4.14. The molecule has 0 aromatic heterocycles. The van der Waals surface area contributed by atoms with Crippen molar-refractivity contribution in [1.29, 1.82) is 0 Å². The van der Waals surface area contributed by atoms with Gasteiger partial charge in [0, 0.05) is 24.2 Å². The topological polar surface area (TPSA) is 15.3 Å². The van der Waals surface area contributed by atoms with E-state index in [0.29, 0.717) is 6.04 Å². The second kappa shape index (κ2) is 8.02. The van der Waals surface area contributed by atoms with Gasteiger partial charge in [-0.2, -0.15) is 0 Å². The molecule has 1 fully saturated rings. The maximum atomic E-state index is 6.07. The fourth-order valence-corrected chi connectivity index (χ4v) is 3.53. The van der Waals surface area contributed by atoms with Gasteiger partial charge in [0.05, 0.1) is 0 Å². The predicted octanol–water partition coefficient (Wildman–Crippen LogP) is 3.94. The van der Waals surface area contributed by atoms with E-state index >= 15 is 0 Å². The first kappa shape index (κ1) is 15.8. The Kier molecular flexibility index (Phi) is 6.34. The van der Waals surface area contributed by atoms with Crippen molar-refractivity contribution in [2.75, 3.05) is 19.6 Å². The van der Waals surface area contributed by atoms with Gasteiger partial charge in [0.15, 0.2) is 0 Å². The quantitative estimate of drug-likeness (QED) is 0.855. The zero-order valence-electron chi connectivity index (χ0n) is 12.7. The summed E-state index contributed by atoms with van der Waals surface area (Å²) in [6.45, 7) is 9.04. The summed E-state index contributed by atoms with van der Waals surface area (Å²) in [7, 11) is 0.